The smallest absolute Gasteiger partial charge is 0.279 e. The fourth-order valence-electron chi connectivity index (χ4n) is 1.75. The lowest BCUT2D eigenvalue weighted by Gasteiger charge is -2.17. The number of amides is 1. The highest BCUT2D eigenvalue weighted by atomic mass is 32.2. The van der Waals surface area contributed by atoms with Crippen molar-refractivity contribution in [2.45, 2.75) is 33.2 Å². The van der Waals surface area contributed by atoms with E-state index in [0.29, 0.717) is 12.2 Å². The maximum absolute atomic E-state index is 12.0. The van der Waals surface area contributed by atoms with Gasteiger partial charge in [0.25, 0.3) is 10.2 Å². The first-order valence-corrected chi connectivity index (χ1v) is 8.36. The van der Waals surface area contributed by atoms with E-state index in [1.54, 1.807) is 31.3 Å². The molecule has 0 atom stereocenters. The lowest BCUT2D eigenvalue weighted by Crippen LogP contribution is -2.38. The zero-order chi connectivity index (χ0) is 15.9. The van der Waals surface area contributed by atoms with Crippen molar-refractivity contribution < 1.29 is 13.2 Å². The molecule has 1 rings (SSSR count). The molecule has 1 aromatic carbocycles. The maximum Gasteiger partial charge on any atom is 0.279 e. The lowest BCUT2D eigenvalue weighted by atomic mass is 10.2. The summed E-state index contributed by atoms with van der Waals surface area (Å²) in [6, 6.07) is 7.08. The first-order chi connectivity index (χ1) is 9.85. The highest BCUT2D eigenvalue weighted by molar-refractivity contribution is 7.87. The van der Waals surface area contributed by atoms with Gasteiger partial charge >= 0.3 is 0 Å². The van der Waals surface area contributed by atoms with Crippen LogP contribution in [0.5, 0.6) is 0 Å². The molecule has 6 nitrogen and oxygen atoms in total. The second kappa shape index (κ2) is 8.11. The predicted molar refractivity (Wildman–Crippen MR) is 84.0 cm³/mol. The van der Waals surface area contributed by atoms with Crippen molar-refractivity contribution in [3.8, 4) is 0 Å². The molecule has 0 fully saturated rings. The summed E-state index contributed by atoms with van der Waals surface area (Å²) in [7, 11) is -1.91. The minimum Gasteiger partial charge on any atom is -0.326 e. The number of carbonyl (C=O) groups is 1. The molecule has 0 bridgehead atoms. The van der Waals surface area contributed by atoms with Crippen LogP contribution in [-0.4, -0.2) is 32.2 Å². The van der Waals surface area contributed by atoms with Gasteiger partial charge in [-0.25, -0.2) is 0 Å². The molecule has 0 saturated carbocycles. The Morgan fingerprint density at radius 1 is 1.33 bits per heavy atom. The van der Waals surface area contributed by atoms with Crippen molar-refractivity contribution in [2.24, 2.45) is 0 Å². The van der Waals surface area contributed by atoms with E-state index in [4.69, 9.17) is 0 Å². The topological polar surface area (TPSA) is 78.5 Å². The number of nitrogens with zero attached hydrogens (tertiary/aromatic N) is 1. The van der Waals surface area contributed by atoms with Gasteiger partial charge in [-0.2, -0.15) is 17.4 Å². The molecule has 0 heterocycles. The molecule has 0 saturated heterocycles. The van der Waals surface area contributed by atoms with Gasteiger partial charge in [-0.15, -0.1) is 0 Å². The summed E-state index contributed by atoms with van der Waals surface area (Å²) in [6.07, 6.45) is 1.77. The third kappa shape index (κ3) is 6.24. The van der Waals surface area contributed by atoms with E-state index in [0.717, 1.165) is 18.4 Å². The SMILES string of the molecule is CCCCN(C)S(=O)(=O)NCc1cccc(NC(C)=O)c1. The molecule has 0 aliphatic heterocycles. The molecular formula is C14H23N3O3S. The van der Waals surface area contributed by atoms with E-state index in [9.17, 15) is 13.2 Å². The second-order valence-corrected chi connectivity index (χ2v) is 6.74. The van der Waals surface area contributed by atoms with Gasteiger partial charge in [-0.05, 0) is 24.1 Å². The molecule has 0 aromatic heterocycles. The van der Waals surface area contributed by atoms with Crippen molar-refractivity contribution in [1.29, 1.82) is 0 Å². The average Bonchev–Trinajstić information content (AvgIpc) is 2.42. The minimum absolute atomic E-state index is 0.160. The number of unbranched alkanes of at least 4 members (excludes halogenated alkanes) is 1. The summed E-state index contributed by atoms with van der Waals surface area (Å²) in [5.41, 5.74) is 1.44. The molecule has 2 N–H and O–H groups in total. The van der Waals surface area contributed by atoms with Gasteiger partial charge in [-0.1, -0.05) is 25.5 Å². The summed E-state index contributed by atoms with van der Waals surface area (Å²) < 4.78 is 27.9. The fraction of sp³-hybridized carbons (Fsp3) is 0.500. The Kier molecular flexibility index (Phi) is 6.80. The Balaban J connectivity index is 2.63. The van der Waals surface area contributed by atoms with Crippen LogP contribution in [0.3, 0.4) is 0 Å². The normalized spacial score (nSPS) is 11.6. The summed E-state index contributed by atoms with van der Waals surface area (Å²) >= 11 is 0. The van der Waals surface area contributed by atoms with Crippen LogP contribution in [0.25, 0.3) is 0 Å². The van der Waals surface area contributed by atoms with E-state index in [1.165, 1.54) is 11.2 Å². The lowest BCUT2D eigenvalue weighted by molar-refractivity contribution is -0.114. The van der Waals surface area contributed by atoms with Gasteiger partial charge in [0.05, 0.1) is 0 Å². The summed E-state index contributed by atoms with van der Waals surface area (Å²) in [5, 5.41) is 2.67. The number of benzene rings is 1. The highest BCUT2D eigenvalue weighted by Gasteiger charge is 2.16. The number of carbonyl (C=O) groups excluding carboxylic acids is 1. The van der Waals surface area contributed by atoms with Gasteiger partial charge in [0.1, 0.15) is 0 Å². The number of hydrogen-bond donors (Lipinski definition) is 2. The molecule has 0 aliphatic carbocycles. The molecule has 118 valence electrons. The van der Waals surface area contributed by atoms with Gasteiger partial charge < -0.3 is 5.32 Å². The Morgan fingerprint density at radius 3 is 2.67 bits per heavy atom. The quantitative estimate of drug-likeness (QED) is 0.767. The number of anilines is 1. The third-order valence-corrected chi connectivity index (χ3v) is 4.46. The summed E-state index contributed by atoms with van der Waals surface area (Å²) in [5.74, 6) is -0.160. The van der Waals surface area contributed by atoms with Gasteiger partial charge in [0, 0.05) is 32.7 Å². The van der Waals surface area contributed by atoms with Crippen LogP contribution in [0.4, 0.5) is 5.69 Å². The third-order valence-electron chi connectivity index (χ3n) is 2.94. The fourth-order valence-corrected chi connectivity index (χ4v) is 2.69. The van der Waals surface area contributed by atoms with Crippen LogP contribution in [0, 0.1) is 0 Å². The van der Waals surface area contributed by atoms with Crippen LogP contribution < -0.4 is 10.0 Å². The maximum atomic E-state index is 12.0. The van der Waals surface area contributed by atoms with Crippen molar-refractivity contribution in [3.63, 3.8) is 0 Å². The van der Waals surface area contributed by atoms with Crippen LogP contribution in [0.2, 0.25) is 0 Å². The standard InChI is InChI=1S/C14H23N3O3S/c1-4-5-9-17(3)21(19,20)15-11-13-7-6-8-14(10-13)16-12(2)18/h6-8,10,15H,4-5,9,11H2,1-3H3,(H,16,18). The molecule has 0 radical (unpaired) electrons. The zero-order valence-electron chi connectivity index (χ0n) is 12.7. The Bertz CT molecular complexity index is 573. The van der Waals surface area contributed by atoms with Crippen molar-refractivity contribution in [2.75, 3.05) is 18.9 Å². The number of hydrogen-bond acceptors (Lipinski definition) is 3. The average molecular weight is 313 g/mol. The van der Waals surface area contributed by atoms with Crippen molar-refractivity contribution in [1.82, 2.24) is 9.03 Å². The van der Waals surface area contributed by atoms with Crippen molar-refractivity contribution >= 4 is 21.8 Å². The van der Waals surface area contributed by atoms with Gasteiger partial charge in [-0.3, -0.25) is 4.79 Å². The van der Waals surface area contributed by atoms with Gasteiger partial charge in [0.2, 0.25) is 5.91 Å². The first kappa shape index (κ1) is 17.6. The molecule has 1 aromatic rings. The van der Waals surface area contributed by atoms with Crippen LogP contribution in [-0.2, 0) is 21.5 Å². The van der Waals surface area contributed by atoms with Crippen molar-refractivity contribution in [3.05, 3.63) is 29.8 Å². The second-order valence-electron chi connectivity index (χ2n) is 4.88. The molecular weight excluding hydrogens is 290 g/mol. The van der Waals surface area contributed by atoms with Crippen LogP contribution in [0.15, 0.2) is 24.3 Å². The highest BCUT2D eigenvalue weighted by Crippen LogP contribution is 2.11. The molecule has 1 amide bonds. The van der Waals surface area contributed by atoms with E-state index in [1.807, 2.05) is 6.92 Å². The molecule has 21 heavy (non-hydrogen) atoms. The Morgan fingerprint density at radius 2 is 2.05 bits per heavy atom. The zero-order valence-corrected chi connectivity index (χ0v) is 13.5. The summed E-state index contributed by atoms with van der Waals surface area (Å²) in [6.45, 7) is 4.13. The molecule has 7 heteroatoms. The van der Waals surface area contributed by atoms with Gasteiger partial charge in [0.15, 0.2) is 0 Å². The van der Waals surface area contributed by atoms with E-state index < -0.39 is 10.2 Å². The number of nitrogens with one attached hydrogen (secondary N) is 2. The Labute approximate surface area is 126 Å². The first-order valence-electron chi connectivity index (χ1n) is 6.92. The van der Waals surface area contributed by atoms with Crippen LogP contribution >= 0.6 is 0 Å². The van der Waals surface area contributed by atoms with E-state index in [-0.39, 0.29) is 12.5 Å². The Hall–Kier alpha value is -1.44. The molecule has 0 aliphatic rings. The predicted octanol–water partition coefficient (Wildman–Crippen LogP) is 1.71. The van der Waals surface area contributed by atoms with Crippen LogP contribution in [0.1, 0.15) is 32.3 Å². The van der Waals surface area contributed by atoms with E-state index >= 15 is 0 Å². The molecule has 0 unspecified atom stereocenters. The molecule has 0 spiro atoms. The van der Waals surface area contributed by atoms with E-state index in [2.05, 4.69) is 10.0 Å². The summed E-state index contributed by atoms with van der Waals surface area (Å²) in [4.78, 5) is 11.0. The monoisotopic (exact) mass is 313 g/mol. The minimum atomic E-state index is -3.47. The number of rotatable bonds is 8. The largest absolute Gasteiger partial charge is 0.326 e.